The van der Waals surface area contributed by atoms with Gasteiger partial charge in [0.1, 0.15) is 14.1 Å². The van der Waals surface area contributed by atoms with Crippen LogP contribution in [-0.2, 0) is 5.41 Å². The molecule has 0 saturated heterocycles. The molecule has 0 aromatic heterocycles. The molecule has 2 aliphatic rings. The molecular weight excluding hydrogens is 304 g/mol. The highest BCUT2D eigenvalue weighted by Gasteiger charge is 2.35. The Bertz CT molecular complexity index is 780. The number of nitrogens with zero attached hydrogens (tertiary/aromatic N) is 2. The molecule has 25 heavy (non-hydrogen) atoms. The summed E-state index contributed by atoms with van der Waals surface area (Å²) in [7, 11) is 4.21. The van der Waals surface area contributed by atoms with Crippen molar-refractivity contribution in [3.05, 3.63) is 58.7 Å². The third kappa shape index (κ3) is 3.22. The van der Waals surface area contributed by atoms with Gasteiger partial charge < -0.3 is 4.90 Å². The summed E-state index contributed by atoms with van der Waals surface area (Å²) in [6, 6.07) is 6.94. The fraction of sp³-hybridized carbons (Fsp3) is 0.435. The number of hydrogen-bond donors (Lipinski definition) is 0. The van der Waals surface area contributed by atoms with Crippen molar-refractivity contribution in [1.29, 1.82) is 0 Å². The fourth-order valence-corrected chi connectivity index (χ4v) is 3.80. The highest BCUT2D eigenvalue weighted by atomic mass is 15.1. The lowest BCUT2D eigenvalue weighted by molar-refractivity contribution is -0.462. The largest absolute Gasteiger partial charge is 0.372 e. The third-order valence-corrected chi connectivity index (χ3v) is 5.38. The maximum Gasteiger partial charge on any atom is 0.199 e. The smallest absolute Gasteiger partial charge is 0.199 e. The van der Waals surface area contributed by atoms with Crippen LogP contribution in [0.5, 0.6) is 0 Å². The van der Waals surface area contributed by atoms with Gasteiger partial charge in [-0.15, -0.1) is 0 Å². The van der Waals surface area contributed by atoms with Crippen molar-refractivity contribution in [3.63, 3.8) is 0 Å². The zero-order valence-corrected chi connectivity index (χ0v) is 15.9. The van der Waals surface area contributed by atoms with Gasteiger partial charge >= 0.3 is 0 Å². The summed E-state index contributed by atoms with van der Waals surface area (Å²) >= 11 is 0. The van der Waals surface area contributed by atoms with Gasteiger partial charge in [-0.1, -0.05) is 27.3 Å². The van der Waals surface area contributed by atoms with Gasteiger partial charge in [-0.3, -0.25) is 0 Å². The van der Waals surface area contributed by atoms with E-state index in [0.29, 0.717) is 0 Å². The van der Waals surface area contributed by atoms with Gasteiger partial charge in [-0.25, -0.2) is 4.58 Å². The van der Waals surface area contributed by atoms with Crippen LogP contribution >= 0.6 is 0 Å². The quantitative estimate of drug-likeness (QED) is 0.699. The van der Waals surface area contributed by atoms with E-state index in [9.17, 15) is 0 Å². The molecule has 2 nitrogen and oxygen atoms in total. The van der Waals surface area contributed by atoms with E-state index in [1.54, 1.807) is 0 Å². The van der Waals surface area contributed by atoms with E-state index < -0.39 is 0 Å². The Morgan fingerprint density at radius 2 is 1.68 bits per heavy atom. The zero-order chi connectivity index (χ0) is 17.5. The second-order valence-electron chi connectivity index (χ2n) is 7.38. The van der Waals surface area contributed by atoms with Crippen molar-refractivity contribution in [2.24, 2.45) is 0 Å². The SMILES string of the molecule is C.CCN(CC)c1ccc2c(c1)C(C)(C)C1=CC(=[N+](C)C)C=CC1=C2. The minimum Gasteiger partial charge on any atom is -0.372 e. The molecule has 1 aromatic carbocycles. The molecule has 2 heteroatoms. The van der Waals surface area contributed by atoms with Crippen LogP contribution in [0.15, 0.2) is 47.6 Å². The second kappa shape index (κ2) is 7.03. The predicted octanol–water partition coefficient (Wildman–Crippen LogP) is 5.05. The molecule has 0 saturated carbocycles. The fourth-order valence-electron chi connectivity index (χ4n) is 3.80. The molecular formula is C23H33N2+. The highest BCUT2D eigenvalue weighted by Crippen LogP contribution is 2.45. The molecule has 0 amide bonds. The lowest BCUT2D eigenvalue weighted by Gasteiger charge is -2.37. The van der Waals surface area contributed by atoms with Crippen molar-refractivity contribution in [1.82, 2.24) is 0 Å². The summed E-state index contributed by atoms with van der Waals surface area (Å²) in [5, 5.41) is 0. The van der Waals surface area contributed by atoms with Crippen molar-refractivity contribution in [2.45, 2.75) is 40.5 Å². The number of anilines is 1. The first-order valence-electron chi connectivity index (χ1n) is 8.94. The first-order chi connectivity index (χ1) is 11.4. The van der Waals surface area contributed by atoms with Crippen LogP contribution in [0.4, 0.5) is 5.69 Å². The van der Waals surface area contributed by atoms with Crippen molar-refractivity contribution >= 4 is 17.5 Å². The zero-order valence-electron chi connectivity index (χ0n) is 15.9. The van der Waals surface area contributed by atoms with Gasteiger partial charge in [0.05, 0.1) is 0 Å². The monoisotopic (exact) mass is 337 g/mol. The Morgan fingerprint density at radius 3 is 2.28 bits per heavy atom. The summed E-state index contributed by atoms with van der Waals surface area (Å²) in [4.78, 5) is 2.42. The molecule has 1 aromatic rings. The lowest BCUT2D eigenvalue weighted by Crippen LogP contribution is -2.29. The highest BCUT2D eigenvalue weighted by molar-refractivity contribution is 6.04. The maximum absolute atomic E-state index is 2.42. The molecule has 0 aliphatic heterocycles. The summed E-state index contributed by atoms with van der Waals surface area (Å²) < 4.78 is 2.18. The Hall–Kier alpha value is -2.09. The average Bonchev–Trinajstić information content (AvgIpc) is 2.56. The molecule has 3 rings (SSSR count). The predicted molar refractivity (Wildman–Crippen MR) is 112 cm³/mol. The minimum atomic E-state index is 0. The molecule has 0 atom stereocenters. The van der Waals surface area contributed by atoms with E-state index in [1.807, 2.05) is 0 Å². The number of fused-ring (bicyclic) bond motifs is 2. The number of benzene rings is 1. The molecule has 0 radical (unpaired) electrons. The van der Waals surface area contributed by atoms with E-state index in [-0.39, 0.29) is 12.8 Å². The van der Waals surface area contributed by atoms with Gasteiger partial charge in [0.2, 0.25) is 0 Å². The van der Waals surface area contributed by atoms with Gasteiger partial charge in [0, 0.05) is 36.3 Å². The van der Waals surface area contributed by atoms with Crippen LogP contribution < -0.4 is 4.90 Å². The van der Waals surface area contributed by atoms with Crippen LogP contribution in [0.25, 0.3) is 6.08 Å². The van der Waals surface area contributed by atoms with Crippen molar-refractivity contribution in [2.75, 3.05) is 32.1 Å². The lowest BCUT2D eigenvalue weighted by atomic mass is 9.67. The van der Waals surface area contributed by atoms with Crippen LogP contribution in [0.2, 0.25) is 0 Å². The van der Waals surface area contributed by atoms with Gasteiger partial charge in [-0.05, 0) is 60.4 Å². The Kier molecular flexibility index (Phi) is 5.41. The molecule has 0 spiro atoms. The van der Waals surface area contributed by atoms with Gasteiger partial charge in [0.15, 0.2) is 5.71 Å². The van der Waals surface area contributed by atoms with Crippen LogP contribution in [-0.4, -0.2) is 37.5 Å². The molecule has 0 N–H and O–H groups in total. The third-order valence-electron chi connectivity index (χ3n) is 5.38. The molecule has 0 fully saturated rings. The van der Waals surface area contributed by atoms with Crippen molar-refractivity contribution < 1.29 is 4.58 Å². The van der Waals surface area contributed by atoms with Crippen LogP contribution in [0, 0.1) is 0 Å². The van der Waals surface area contributed by atoms with E-state index >= 15 is 0 Å². The Labute approximate surface area is 153 Å². The first kappa shape index (κ1) is 19.2. The average molecular weight is 338 g/mol. The van der Waals surface area contributed by atoms with Gasteiger partial charge in [0.25, 0.3) is 0 Å². The molecule has 0 unspecified atom stereocenters. The maximum atomic E-state index is 2.42. The summed E-state index contributed by atoms with van der Waals surface area (Å²) in [6.07, 6.45) is 9.15. The van der Waals surface area contributed by atoms with E-state index in [0.717, 1.165) is 13.1 Å². The van der Waals surface area contributed by atoms with Crippen molar-refractivity contribution in [3.8, 4) is 0 Å². The molecule has 0 bridgehead atoms. The molecule has 2 aliphatic carbocycles. The Morgan fingerprint density at radius 1 is 1.00 bits per heavy atom. The van der Waals surface area contributed by atoms with E-state index in [2.05, 4.69) is 93.8 Å². The first-order valence-corrected chi connectivity index (χ1v) is 8.94. The molecule has 0 heterocycles. The van der Waals surface area contributed by atoms with E-state index in [4.69, 9.17) is 0 Å². The number of hydrogen-bond acceptors (Lipinski definition) is 1. The topological polar surface area (TPSA) is 6.25 Å². The minimum absolute atomic E-state index is 0. The number of allylic oxidation sites excluding steroid dienone is 5. The Balaban J connectivity index is 0.00000225. The second-order valence-corrected chi connectivity index (χ2v) is 7.38. The normalized spacial score (nSPS) is 17.0. The standard InChI is InChI=1S/C22H29N2.CH4/c1-7-24(8-2)19-12-10-17-13-16-9-11-18(23(5)6)14-20(16)22(3,4)21(17)15-19;/h9-15H,7-8H2,1-6H3;1H4/q+1;. The van der Waals surface area contributed by atoms with E-state index in [1.165, 1.54) is 33.7 Å². The molecule has 134 valence electrons. The van der Waals surface area contributed by atoms with Crippen LogP contribution in [0.1, 0.15) is 46.2 Å². The summed E-state index contributed by atoms with van der Waals surface area (Å²) in [6.45, 7) is 11.2. The van der Waals surface area contributed by atoms with Crippen LogP contribution in [0.3, 0.4) is 0 Å². The summed E-state index contributed by atoms with van der Waals surface area (Å²) in [5.41, 5.74) is 8.13. The summed E-state index contributed by atoms with van der Waals surface area (Å²) in [5.74, 6) is 0. The van der Waals surface area contributed by atoms with Gasteiger partial charge in [-0.2, -0.15) is 0 Å². The number of rotatable bonds is 3.